The molecule has 144 valence electrons. The van der Waals surface area contributed by atoms with E-state index in [0.717, 1.165) is 10.5 Å². The Kier molecular flexibility index (Phi) is 6.51. The lowest BCUT2D eigenvalue weighted by molar-refractivity contribution is 0.226. The second kappa shape index (κ2) is 9.25. The first-order valence-corrected chi connectivity index (χ1v) is 9.48. The lowest BCUT2D eigenvalue weighted by Gasteiger charge is -2.12. The molecule has 0 bridgehead atoms. The van der Waals surface area contributed by atoms with Crippen molar-refractivity contribution in [1.82, 2.24) is 10.1 Å². The van der Waals surface area contributed by atoms with E-state index in [1.165, 1.54) is 13.2 Å². The lowest BCUT2D eigenvalue weighted by atomic mass is 10.2. The zero-order valence-corrected chi connectivity index (χ0v) is 16.1. The Bertz CT molecular complexity index is 1010. The topological polar surface area (TPSA) is 96.4 Å². The Balaban J connectivity index is 1.98. The fraction of sp³-hybridized carbons (Fsp3) is 0.158. The van der Waals surface area contributed by atoms with Crippen LogP contribution in [-0.2, 0) is 4.74 Å². The molecule has 0 amide bonds. The number of halogens is 1. The van der Waals surface area contributed by atoms with Crippen molar-refractivity contribution in [3.05, 3.63) is 65.9 Å². The average molecular weight is 399 g/mol. The highest BCUT2D eigenvalue weighted by atomic mass is 32.2. The number of para-hydroxylation sites is 1. The van der Waals surface area contributed by atoms with Crippen molar-refractivity contribution in [2.75, 3.05) is 25.3 Å². The molecule has 0 atom stereocenters. The highest BCUT2D eigenvalue weighted by Gasteiger charge is 2.19. The Hall–Kier alpha value is -3.04. The zero-order valence-electron chi connectivity index (χ0n) is 15.3. The SMILES string of the molecule is COC/C(Nc1ccccc1F)=C(/N=N)c1nc(-c2cccc(SC)c2)no1. The minimum Gasteiger partial charge on any atom is -0.378 e. The summed E-state index contributed by atoms with van der Waals surface area (Å²) in [5.41, 5.74) is 8.96. The van der Waals surface area contributed by atoms with Gasteiger partial charge in [-0.25, -0.2) is 9.92 Å². The second-order valence-electron chi connectivity index (χ2n) is 5.63. The fourth-order valence-corrected chi connectivity index (χ4v) is 2.94. The quantitative estimate of drug-likeness (QED) is 0.406. The summed E-state index contributed by atoms with van der Waals surface area (Å²) in [6.07, 6.45) is 1.98. The van der Waals surface area contributed by atoms with Gasteiger partial charge in [0, 0.05) is 17.6 Å². The van der Waals surface area contributed by atoms with Gasteiger partial charge in [-0.3, -0.25) is 0 Å². The molecule has 0 aliphatic heterocycles. The van der Waals surface area contributed by atoms with E-state index in [1.807, 2.05) is 30.5 Å². The highest BCUT2D eigenvalue weighted by molar-refractivity contribution is 7.98. The Morgan fingerprint density at radius 3 is 2.82 bits per heavy atom. The summed E-state index contributed by atoms with van der Waals surface area (Å²) in [5.74, 6) is -0.0364. The van der Waals surface area contributed by atoms with Crippen molar-refractivity contribution in [2.45, 2.75) is 4.90 Å². The lowest BCUT2D eigenvalue weighted by Crippen LogP contribution is -2.10. The molecule has 1 heterocycles. The number of nitrogens with zero attached hydrogens (tertiary/aromatic N) is 3. The molecular weight excluding hydrogens is 381 g/mol. The van der Waals surface area contributed by atoms with E-state index in [2.05, 4.69) is 20.6 Å². The summed E-state index contributed by atoms with van der Waals surface area (Å²) < 4.78 is 24.5. The summed E-state index contributed by atoms with van der Waals surface area (Å²) in [5, 5.41) is 10.4. The number of rotatable bonds is 8. The van der Waals surface area contributed by atoms with Crippen LogP contribution in [0.1, 0.15) is 5.89 Å². The smallest absolute Gasteiger partial charge is 0.280 e. The molecule has 7 nitrogen and oxygen atoms in total. The highest BCUT2D eigenvalue weighted by Crippen LogP contribution is 2.26. The van der Waals surface area contributed by atoms with Crippen LogP contribution >= 0.6 is 11.8 Å². The van der Waals surface area contributed by atoms with Gasteiger partial charge in [0.2, 0.25) is 5.82 Å². The van der Waals surface area contributed by atoms with E-state index >= 15 is 0 Å². The largest absolute Gasteiger partial charge is 0.378 e. The van der Waals surface area contributed by atoms with Crippen LogP contribution in [0.25, 0.3) is 17.1 Å². The van der Waals surface area contributed by atoms with Gasteiger partial charge in [-0.15, -0.1) is 11.8 Å². The molecule has 0 saturated carbocycles. The normalized spacial score (nSPS) is 11.8. The van der Waals surface area contributed by atoms with Crippen molar-refractivity contribution in [1.29, 1.82) is 5.53 Å². The molecule has 2 N–H and O–H groups in total. The predicted molar refractivity (Wildman–Crippen MR) is 105 cm³/mol. The van der Waals surface area contributed by atoms with Crippen LogP contribution in [0.15, 0.2) is 68.8 Å². The number of hydrogen-bond donors (Lipinski definition) is 2. The number of nitrogens with one attached hydrogen (secondary N) is 2. The van der Waals surface area contributed by atoms with Crippen LogP contribution in [0.2, 0.25) is 0 Å². The van der Waals surface area contributed by atoms with Gasteiger partial charge in [0.25, 0.3) is 5.89 Å². The van der Waals surface area contributed by atoms with Crippen molar-refractivity contribution in [3.8, 4) is 11.4 Å². The van der Waals surface area contributed by atoms with Crippen molar-refractivity contribution in [3.63, 3.8) is 0 Å². The summed E-state index contributed by atoms with van der Waals surface area (Å²) in [7, 11) is 1.48. The van der Waals surface area contributed by atoms with Gasteiger partial charge < -0.3 is 14.6 Å². The third-order valence-corrected chi connectivity index (χ3v) is 4.53. The van der Waals surface area contributed by atoms with Crippen LogP contribution < -0.4 is 5.32 Å². The van der Waals surface area contributed by atoms with Gasteiger partial charge in [-0.2, -0.15) is 10.1 Å². The maximum Gasteiger partial charge on any atom is 0.280 e. The molecule has 0 fully saturated rings. The van der Waals surface area contributed by atoms with Crippen LogP contribution in [0, 0.1) is 11.3 Å². The maximum absolute atomic E-state index is 14.0. The summed E-state index contributed by atoms with van der Waals surface area (Å²) >= 11 is 1.60. The molecule has 28 heavy (non-hydrogen) atoms. The third-order valence-electron chi connectivity index (χ3n) is 3.80. The van der Waals surface area contributed by atoms with Crippen molar-refractivity contribution in [2.24, 2.45) is 5.11 Å². The molecule has 1 aromatic heterocycles. The molecule has 0 radical (unpaired) electrons. The molecule has 0 unspecified atom stereocenters. The minimum absolute atomic E-state index is 0.0374. The molecule has 0 aliphatic carbocycles. The first-order valence-electron chi connectivity index (χ1n) is 8.26. The summed E-state index contributed by atoms with van der Waals surface area (Å²) in [6, 6.07) is 13.9. The van der Waals surface area contributed by atoms with Gasteiger partial charge in [-0.05, 0) is 30.5 Å². The van der Waals surface area contributed by atoms with Crippen LogP contribution in [0.5, 0.6) is 0 Å². The van der Waals surface area contributed by atoms with Crippen LogP contribution in [0.3, 0.4) is 0 Å². The van der Waals surface area contributed by atoms with Crippen molar-refractivity contribution >= 4 is 23.1 Å². The van der Waals surface area contributed by atoms with Crippen LogP contribution in [0.4, 0.5) is 10.1 Å². The first-order chi connectivity index (χ1) is 13.7. The Morgan fingerprint density at radius 2 is 2.11 bits per heavy atom. The van der Waals surface area contributed by atoms with E-state index < -0.39 is 5.82 Å². The summed E-state index contributed by atoms with van der Waals surface area (Å²) in [4.78, 5) is 5.41. The first kappa shape index (κ1) is 19.7. The second-order valence-corrected chi connectivity index (χ2v) is 6.51. The van der Waals surface area contributed by atoms with E-state index in [0.29, 0.717) is 11.5 Å². The van der Waals surface area contributed by atoms with E-state index in [-0.39, 0.29) is 23.9 Å². The number of ether oxygens (including phenoxy) is 1. The molecular formula is C19H18FN5O2S. The molecule has 2 aromatic carbocycles. The van der Waals surface area contributed by atoms with E-state index in [4.69, 9.17) is 14.8 Å². The van der Waals surface area contributed by atoms with Gasteiger partial charge in [0.05, 0.1) is 18.0 Å². The van der Waals surface area contributed by atoms with Gasteiger partial charge in [0.1, 0.15) is 5.82 Å². The number of hydrogen-bond acceptors (Lipinski definition) is 8. The molecule has 9 heteroatoms. The standard InChI is InChI=1S/C19H18FN5O2S/c1-26-11-16(22-15-9-4-3-8-14(15)20)17(24-21)19-23-18(25-27-19)12-6-5-7-13(10-12)28-2/h3-10,21-22H,11H2,1-2H3/b17-16-,24-21?. The van der Waals surface area contributed by atoms with Gasteiger partial charge in [-0.1, -0.05) is 29.4 Å². The Morgan fingerprint density at radius 1 is 1.29 bits per heavy atom. The Labute approximate surface area is 165 Å². The number of methoxy groups -OCH3 is 1. The molecule has 0 aliphatic rings. The third kappa shape index (κ3) is 4.44. The monoisotopic (exact) mass is 399 g/mol. The van der Waals surface area contributed by atoms with E-state index in [9.17, 15) is 4.39 Å². The minimum atomic E-state index is -0.444. The number of benzene rings is 2. The van der Waals surface area contributed by atoms with Gasteiger partial charge >= 0.3 is 0 Å². The zero-order chi connectivity index (χ0) is 19.9. The molecule has 0 saturated heterocycles. The number of thioether (sulfide) groups is 1. The van der Waals surface area contributed by atoms with E-state index in [1.54, 1.807) is 30.0 Å². The summed E-state index contributed by atoms with van der Waals surface area (Å²) in [6.45, 7) is 0.0473. The predicted octanol–water partition coefficient (Wildman–Crippen LogP) is 5.06. The number of aromatic nitrogens is 2. The van der Waals surface area contributed by atoms with Crippen LogP contribution in [-0.4, -0.2) is 30.1 Å². The maximum atomic E-state index is 14.0. The van der Waals surface area contributed by atoms with Crippen molar-refractivity contribution < 1.29 is 13.7 Å². The fourth-order valence-electron chi connectivity index (χ4n) is 2.48. The molecule has 3 aromatic rings. The average Bonchev–Trinajstić information content (AvgIpc) is 3.20. The van der Waals surface area contributed by atoms with Gasteiger partial charge in [0.15, 0.2) is 5.70 Å². The molecule has 0 spiro atoms. The molecule has 3 rings (SSSR count). The number of anilines is 1.